The van der Waals surface area contributed by atoms with E-state index in [1.807, 2.05) is 42.2 Å². The van der Waals surface area contributed by atoms with Crippen molar-refractivity contribution in [3.05, 3.63) is 102 Å². The van der Waals surface area contributed by atoms with Gasteiger partial charge in [-0.05, 0) is 37.3 Å². The molecule has 0 unspecified atom stereocenters. The second-order valence-electron chi connectivity index (χ2n) is 9.35. The molecule has 0 spiro atoms. The van der Waals surface area contributed by atoms with Crippen LogP contribution in [0.5, 0.6) is 0 Å². The smallest absolute Gasteiger partial charge is 0.369 e. The van der Waals surface area contributed by atoms with Gasteiger partial charge in [-0.1, -0.05) is 36.4 Å². The number of anilines is 2. The maximum atomic E-state index is 13.2. The molecule has 5 rings (SSSR count). The van der Waals surface area contributed by atoms with Crippen LogP contribution in [0.15, 0.2) is 79.1 Å². The lowest BCUT2D eigenvalue weighted by molar-refractivity contribution is -0.137. The fourth-order valence-corrected chi connectivity index (χ4v) is 4.78. The molecule has 0 radical (unpaired) electrons. The van der Waals surface area contributed by atoms with Crippen molar-refractivity contribution in [2.75, 3.05) is 36.4 Å². The van der Waals surface area contributed by atoms with E-state index in [2.05, 4.69) is 20.2 Å². The summed E-state index contributed by atoms with van der Waals surface area (Å²) in [5.41, 5.74) is 4.92. The van der Waals surface area contributed by atoms with Crippen LogP contribution in [0.1, 0.15) is 27.2 Å². The van der Waals surface area contributed by atoms with Gasteiger partial charge in [0, 0.05) is 73.2 Å². The lowest BCUT2D eigenvalue weighted by Gasteiger charge is -2.36. The van der Waals surface area contributed by atoms with E-state index in [0.29, 0.717) is 44.0 Å². The van der Waals surface area contributed by atoms with Crippen molar-refractivity contribution in [2.45, 2.75) is 19.6 Å². The molecular weight excluding hydrogens is 491 g/mol. The average Bonchev–Trinajstić information content (AvgIpc) is 3.24. The minimum absolute atomic E-state index is 0.223. The first-order valence-corrected chi connectivity index (χ1v) is 12.4. The third-order valence-corrected chi connectivity index (χ3v) is 6.85. The predicted molar refractivity (Wildman–Crippen MR) is 142 cm³/mol. The number of nitrogens with zero attached hydrogens (tertiary/aromatic N) is 3. The number of alkyl halides is 3. The molecule has 2 N–H and O–H groups in total. The Morgan fingerprint density at radius 2 is 1.68 bits per heavy atom. The molecule has 1 aliphatic heterocycles. The zero-order valence-corrected chi connectivity index (χ0v) is 20.9. The van der Waals surface area contributed by atoms with Crippen molar-refractivity contribution in [2.24, 2.45) is 0 Å². The molecule has 0 aliphatic carbocycles. The molecule has 0 atom stereocenters. The van der Waals surface area contributed by atoms with Gasteiger partial charge in [0.25, 0.3) is 5.91 Å². The number of nitrogens with one attached hydrogen (secondary N) is 2. The second kappa shape index (κ2) is 10.7. The first-order valence-electron chi connectivity index (χ1n) is 12.4. The van der Waals surface area contributed by atoms with Gasteiger partial charge in [0.05, 0.1) is 16.9 Å². The van der Waals surface area contributed by atoms with Crippen LogP contribution >= 0.6 is 0 Å². The molecule has 1 fully saturated rings. The molecular formula is C29H28F3N5O. The highest BCUT2D eigenvalue weighted by atomic mass is 19.4. The molecule has 2 aromatic heterocycles. The standard InChI is InChI=1S/C29H28F3N5O/c1-20-25(19-36-14-16-37(17-15-36)24-9-5-8-23(18-24)29(30,31)32)27(26(34-20)21-6-3-2-4-7-21)35-28(38)22-10-12-33-13-11-22/h2-13,18,34H,14-17,19H2,1H3,(H,35,38). The first-order chi connectivity index (χ1) is 18.3. The summed E-state index contributed by atoms with van der Waals surface area (Å²) in [5, 5.41) is 3.12. The molecule has 9 heteroatoms. The van der Waals surface area contributed by atoms with Crippen LogP contribution in [0.3, 0.4) is 0 Å². The quantitative estimate of drug-likeness (QED) is 0.329. The van der Waals surface area contributed by atoms with Gasteiger partial charge in [0.1, 0.15) is 0 Å². The molecule has 0 saturated carbocycles. The van der Waals surface area contributed by atoms with Gasteiger partial charge < -0.3 is 15.2 Å². The summed E-state index contributed by atoms with van der Waals surface area (Å²) in [4.78, 5) is 24.8. The largest absolute Gasteiger partial charge is 0.416 e. The number of H-pyrrole nitrogens is 1. The number of amides is 1. The van der Waals surface area contributed by atoms with Crippen molar-refractivity contribution >= 4 is 17.3 Å². The second-order valence-corrected chi connectivity index (χ2v) is 9.35. The van der Waals surface area contributed by atoms with Gasteiger partial charge >= 0.3 is 6.18 Å². The van der Waals surface area contributed by atoms with Crippen LogP contribution in [0.4, 0.5) is 24.5 Å². The monoisotopic (exact) mass is 519 g/mol. The normalized spacial score (nSPS) is 14.5. The van der Waals surface area contributed by atoms with Crippen LogP contribution in [0.25, 0.3) is 11.3 Å². The topological polar surface area (TPSA) is 64.3 Å². The number of rotatable bonds is 6. The number of aryl methyl sites for hydroxylation is 1. The van der Waals surface area contributed by atoms with Crippen LogP contribution in [0, 0.1) is 6.92 Å². The molecule has 1 amide bonds. The lowest BCUT2D eigenvalue weighted by Crippen LogP contribution is -2.46. The zero-order valence-electron chi connectivity index (χ0n) is 20.9. The van der Waals surface area contributed by atoms with E-state index in [4.69, 9.17) is 0 Å². The summed E-state index contributed by atoms with van der Waals surface area (Å²) < 4.78 is 39.5. The fourth-order valence-electron chi connectivity index (χ4n) is 4.78. The molecule has 3 heterocycles. The van der Waals surface area contributed by atoms with E-state index >= 15 is 0 Å². The van der Waals surface area contributed by atoms with Crippen LogP contribution in [-0.4, -0.2) is 47.0 Å². The van der Waals surface area contributed by atoms with Crippen molar-refractivity contribution in [3.8, 4) is 11.3 Å². The zero-order chi connectivity index (χ0) is 26.7. The van der Waals surface area contributed by atoms with Gasteiger partial charge in [-0.15, -0.1) is 0 Å². The molecule has 1 saturated heterocycles. The Morgan fingerprint density at radius 1 is 0.974 bits per heavy atom. The van der Waals surface area contributed by atoms with Gasteiger partial charge in [0.15, 0.2) is 0 Å². The van der Waals surface area contributed by atoms with Crippen LogP contribution < -0.4 is 10.2 Å². The van der Waals surface area contributed by atoms with E-state index in [-0.39, 0.29) is 5.91 Å². The molecule has 6 nitrogen and oxygen atoms in total. The van der Waals surface area contributed by atoms with Crippen molar-refractivity contribution in [1.82, 2.24) is 14.9 Å². The van der Waals surface area contributed by atoms with E-state index in [1.54, 1.807) is 30.6 Å². The van der Waals surface area contributed by atoms with Gasteiger partial charge in [0.2, 0.25) is 0 Å². The van der Waals surface area contributed by atoms with E-state index in [1.165, 1.54) is 12.1 Å². The number of piperazine rings is 1. The summed E-state index contributed by atoms with van der Waals surface area (Å²) in [6, 6.07) is 18.7. The summed E-state index contributed by atoms with van der Waals surface area (Å²) in [6.45, 7) is 5.16. The maximum absolute atomic E-state index is 13.2. The highest BCUT2D eigenvalue weighted by Crippen LogP contribution is 2.35. The Bertz CT molecular complexity index is 1390. The SMILES string of the molecule is Cc1[nH]c(-c2ccccc2)c(NC(=O)c2ccncc2)c1CN1CCN(c2cccc(C(F)(F)F)c2)CC1. The van der Waals surface area contributed by atoms with Crippen LogP contribution in [-0.2, 0) is 12.7 Å². The number of hydrogen-bond donors (Lipinski definition) is 2. The Balaban J connectivity index is 1.36. The van der Waals surface area contributed by atoms with E-state index < -0.39 is 11.7 Å². The Labute approximate surface area is 219 Å². The molecule has 0 bridgehead atoms. The van der Waals surface area contributed by atoms with E-state index in [9.17, 15) is 18.0 Å². The number of hydrogen-bond acceptors (Lipinski definition) is 4. The van der Waals surface area contributed by atoms with Crippen molar-refractivity contribution < 1.29 is 18.0 Å². The van der Waals surface area contributed by atoms with Gasteiger partial charge in [-0.25, -0.2) is 0 Å². The van der Waals surface area contributed by atoms with Crippen molar-refractivity contribution in [3.63, 3.8) is 0 Å². The Kier molecular flexibility index (Phi) is 7.20. The fraction of sp³-hybridized carbons (Fsp3) is 0.241. The summed E-state index contributed by atoms with van der Waals surface area (Å²) in [5.74, 6) is -0.223. The predicted octanol–water partition coefficient (Wildman–Crippen LogP) is 5.98. The number of pyridine rings is 1. The molecule has 196 valence electrons. The third kappa shape index (κ3) is 5.57. The number of halogens is 3. The summed E-state index contributed by atoms with van der Waals surface area (Å²) in [6.07, 6.45) is -1.20. The minimum Gasteiger partial charge on any atom is -0.369 e. The molecule has 2 aromatic carbocycles. The molecule has 1 aliphatic rings. The molecule has 38 heavy (non-hydrogen) atoms. The third-order valence-electron chi connectivity index (χ3n) is 6.85. The van der Waals surface area contributed by atoms with Gasteiger partial charge in [-0.2, -0.15) is 13.2 Å². The first kappa shape index (κ1) is 25.5. The van der Waals surface area contributed by atoms with E-state index in [0.717, 1.165) is 34.3 Å². The minimum atomic E-state index is -4.36. The highest BCUT2D eigenvalue weighted by Gasteiger charge is 2.31. The average molecular weight is 520 g/mol. The summed E-state index contributed by atoms with van der Waals surface area (Å²) >= 11 is 0. The van der Waals surface area contributed by atoms with Crippen LogP contribution in [0.2, 0.25) is 0 Å². The Hall–Kier alpha value is -4.11. The number of aromatic nitrogens is 2. The highest BCUT2D eigenvalue weighted by molar-refractivity contribution is 6.06. The molecule has 4 aromatic rings. The number of benzene rings is 2. The number of carbonyl (C=O) groups excluding carboxylic acids is 1. The number of carbonyl (C=O) groups is 1. The van der Waals surface area contributed by atoms with Crippen molar-refractivity contribution in [1.29, 1.82) is 0 Å². The lowest BCUT2D eigenvalue weighted by atomic mass is 10.1. The number of aromatic amines is 1. The maximum Gasteiger partial charge on any atom is 0.416 e. The Morgan fingerprint density at radius 3 is 2.37 bits per heavy atom. The van der Waals surface area contributed by atoms with Gasteiger partial charge in [-0.3, -0.25) is 14.7 Å². The summed E-state index contributed by atoms with van der Waals surface area (Å²) in [7, 11) is 0.